The maximum atomic E-state index is 12.9. The van der Waals surface area contributed by atoms with Crippen LogP contribution in [0.15, 0.2) is 71.3 Å². The van der Waals surface area contributed by atoms with E-state index in [1.807, 2.05) is 35.2 Å². The van der Waals surface area contributed by atoms with Gasteiger partial charge in [0.1, 0.15) is 5.69 Å². The number of hydrogen-bond donors (Lipinski definition) is 0. The van der Waals surface area contributed by atoms with Gasteiger partial charge in [-0.05, 0) is 37.9 Å². The Bertz CT molecular complexity index is 908. The summed E-state index contributed by atoms with van der Waals surface area (Å²) >= 11 is 0. The van der Waals surface area contributed by atoms with Gasteiger partial charge in [0.25, 0.3) is 5.91 Å². The summed E-state index contributed by atoms with van der Waals surface area (Å²) in [6, 6.07) is 22.2. The molecule has 0 spiro atoms. The molecule has 1 fully saturated rings. The van der Waals surface area contributed by atoms with Gasteiger partial charge in [-0.15, -0.1) is 0 Å². The zero-order chi connectivity index (χ0) is 19.9. The minimum absolute atomic E-state index is 0.0641. The van der Waals surface area contributed by atoms with E-state index in [1.54, 1.807) is 6.07 Å². The topological polar surface area (TPSA) is 49.6 Å². The van der Waals surface area contributed by atoms with Crippen molar-refractivity contribution in [3.8, 4) is 11.3 Å². The molecule has 150 valence electrons. The third kappa shape index (κ3) is 5.12. The minimum Gasteiger partial charge on any atom is -0.350 e. The van der Waals surface area contributed by atoms with Crippen LogP contribution in [-0.4, -0.2) is 53.6 Å². The lowest BCUT2D eigenvalue weighted by molar-refractivity contribution is 0.0719. The van der Waals surface area contributed by atoms with Crippen LogP contribution in [0, 0.1) is 0 Å². The Labute approximate surface area is 171 Å². The lowest BCUT2D eigenvalue weighted by atomic mass is 10.1. The molecular formula is C24H27N3O2. The number of hydrogen-bond acceptors (Lipinski definition) is 4. The Morgan fingerprint density at radius 1 is 0.931 bits per heavy atom. The maximum absolute atomic E-state index is 12.9. The predicted octanol–water partition coefficient (Wildman–Crippen LogP) is 4.12. The van der Waals surface area contributed by atoms with E-state index in [1.165, 1.54) is 5.56 Å². The van der Waals surface area contributed by atoms with Crippen molar-refractivity contribution in [2.75, 3.05) is 32.7 Å². The molecule has 5 nitrogen and oxygen atoms in total. The van der Waals surface area contributed by atoms with E-state index < -0.39 is 0 Å². The van der Waals surface area contributed by atoms with E-state index in [-0.39, 0.29) is 5.91 Å². The molecule has 29 heavy (non-hydrogen) atoms. The zero-order valence-corrected chi connectivity index (χ0v) is 16.7. The summed E-state index contributed by atoms with van der Waals surface area (Å²) in [5, 5.41) is 4.08. The summed E-state index contributed by atoms with van der Waals surface area (Å²) in [7, 11) is 0. The number of carbonyl (C=O) groups is 1. The highest BCUT2D eigenvalue weighted by Gasteiger charge is 2.23. The van der Waals surface area contributed by atoms with Gasteiger partial charge in [-0.3, -0.25) is 4.79 Å². The fraction of sp³-hybridized carbons (Fsp3) is 0.333. The van der Waals surface area contributed by atoms with Crippen LogP contribution in [0.25, 0.3) is 11.3 Å². The van der Waals surface area contributed by atoms with Crippen LogP contribution in [0.3, 0.4) is 0 Å². The maximum Gasteiger partial charge on any atom is 0.292 e. The summed E-state index contributed by atoms with van der Waals surface area (Å²) in [5.41, 5.74) is 3.04. The number of rotatable bonds is 6. The molecule has 2 heterocycles. The van der Waals surface area contributed by atoms with Crippen LogP contribution >= 0.6 is 0 Å². The second-order valence-corrected chi connectivity index (χ2v) is 7.52. The Morgan fingerprint density at radius 2 is 1.69 bits per heavy atom. The summed E-state index contributed by atoms with van der Waals surface area (Å²) in [5.74, 6) is 0.257. The second-order valence-electron chi connectivity index (χ2n) is 7.52. The first-order valence-electron chi connectivity index (χ1n) is 10.4. The van der Waals surface area contributed by atoms with Crippen molar-refractivity contribution in [2.45, 2.75) is 19.3 Å². The molecule has 4 rings (SSSR count). The van der Waals surface area contributed by atoms with Crippen molar-refractivity contribution < 1.29 is 9.32 Å². The first-order chi connectivity index (χ1) is 14.3. The van der Waals surface area contributed by atoms with E-state index in [0.29, 0.717) is 11.5 Å². The van der Waals surface area contributed by atoms with Crippen molar-refractivity contribution in [1.29, 1.82) is 0 Å². The normalized spacial score (nSPS) is 15.2. The van der Waals surface area contributed by atoms with Gasteiger partial charge in [-0.25, -0.2) is 0 Å². The van der Waals surface area contributed by atoms with Crippen LogP contribution in [0.5, 0.6) is 0 Å². The molecule has 3 aromatic rings. The Kier molecular flexibility index (Phi) is 6.37. The van der Waals surface area contributed by atoms with Crippen molar-refractivity contribution >= 4 is 5.91 Å². The van der Waals surface area contributed by atoms with E-state index >= 15 is 0 Å². The Balaban J connectivity index is 1.29. The summed E-state index contributed by atoms with van der Waals surface area (Å²) < 4.78 is 5.36. The molecule has 0 N–H and O–H groups in total. The second kappa shape index (κ2) is 9.52. The van der Waals surface area contributed by atoms with E-state index in [0.717, 1.165) is 57.5 Å². The first-order valence-corrected chi connectivity index (χ1v) is 10.4. The summed E-state index contributed by atoms with van der Waals surface area (Å²) in [6.07, 6.45) is 3.22. The molecule has 5 heteroatoms. The molecule has 1 saturated heterocycles. The highest BCUT2D eigenvalue weighted by molar-refractivity contribution is 5.92. The lowest BCUT2D eigenvalue weighted by Crippen LogP contribution is -2.35. The highest BCUT2D eigenvalue weighted by Crippen LogP contribution is 2.20. The molecular weight excluding hydrogens is 362 g/mol. The zero-order valence-electron chi connectivity index (χ0n) is 16.7. The van der Waals surface area contributed by atoms with E-state index in [2.05, 4.69) is 40.4 Å². The quantitative estimate of drug-likeness (QED) is 0.636. The van der Waals surface area contributed by atoms with Gasteiger partial charge < -0.3 is 14.3 Å². The smallest absolute Gasteiger partial charge is 0.292 e. The SMILES string of the molecule is O=C(c1cc(-c2ccccc2)no1)N1CCCN(CCCc2ccccc2)CC1. The van der Waals surface area contributed by atoms with Crippen LogP contribution in [0.4, 0.5) is 0 Å². The van der Waals surface area contributed by atoms with Gasteiger partial charge in [0, 0.05) is 31.3 Å². The number of amides is 1. The monoisotopic (exact) mass is 389 g/mol. The van der Waals surface area contributed by atoms with Gasteiger partial charge >= 0.3 is 0 Å². The average Bonchev–Trinajstić information content (AvgIpc) is 3.15. The minimum atomic E-state index is -0.0641. The molecule has 0 radical (unpaired) electrons. The van der Waals surface area contributed by atoms with Crippen LogP contribution < -0.4 is 0 Å². The molecule has 1 aromatic heterocycles. The van der Waals surface area contributed by atoms with Crippen molar-refractivity contribution in [2.24, 2.45) is 0 Å². The molecule has 0 saturated carbocycles. The standard InChI is InChI=1S/C24H27N3O2/c28-24(23-19-22(25-29-23)21-12-5-2-6-13-21)27-16-8-15-26(17-18-27)14-7-11-20-9-3-1-4-10-20/h1-6,9-10,12-13,19H,7-8,11,14-18H2. The fourth-order valence-electron chi connectivity index (χ4n) is 3.83. The number of carbonyl (C=O) groups excluding carboxylic acids is 1. The largest absolute Gasteiger partial charge is 0.350 e. The number of nitrogens with zero attached hydrogens (tertiary/aromatic N) is 3. The molecule has 1 aliphatic rings. The van der Waals surface area contributed by atoms with Gasteiger partial charge in [0.2, 0.25) is 5.76 Å². The van der Waals surface area contributed by atoms with Crippen LogP contribution in [-0.2, 0) is 6.42 Å². The predicted molar refractivity (Wildman–Crippen MR) is 114 cm³/mol. The number of aromatic nitrogens is 1. The van der Waals surface area contributed by atoms with Gasteiger partial charge in [0.15, 0.2) is 0 Å². The Hall–Kier alpha value is -2.92. The van der Waals surface area contributed by atoms with Crippen molar-refractivity contribution in [3.05, 3.63) is 78.1 Å². The molecule has 1 aliphatic heterocycles. The summed E-state index contributed by atoms with van der Waals surface area (Å²) in [4.78, 5) is 17.2. The van der Waals surface area contributed by atoms with Crippen molar-refractivity contribution in [1.82, 2.24) is 15.0 Å². The Morgan fingerprint density at radius 3 is 2.48 bits per heavy atom. The van der Waals surface area contributed by atoms with Gasteiger partial charge in [-0.1, -0.05) is 65.8 Å². The van der Waals surface area contributed by atoms with Crippen LogP contribution in [0.1, 0.15) is 29.0 Å². The van der Waals surface area contributed by atoms with Crippen molar-refractivity contribution in [3.63, 3.8) is 0 Å². The third-order valence-corrected chi connectivity index (χ3v) is 5.45. The highest BCUT2D eigenvalue weighted by atomic mass is 16.5. The molecule has 0 atom stereocenters. The number of aryl methyl sites for hydroxylation is 1. The molecule has 0 aliphatic carbocycles. The first kappa shape index (κ1) is 19.4. The fourth-order valence-corrected chi connectivity index (χ4v) is 3.83. The van der Waals surface area contributed by atoms with Crippen LogP contribution in [0.2, 0.25) is 0 Å². The molecule has 1 amide bonds. The molecule has 0 unspecified atom stereocenters. The average molecular weight is 389 g/mol. The molecule has 0 bridgehead atoms. The van der Waals surface area contributed by atoms with Gasteiger partial charge in [-0.2, -0.15) is 0 Å². The van der Waals surface area contributed by atoms with E-state index in [4.69, 9.17) is 4.52 Å². The molecule has 2 aromatic carbocycles. The van der Waals surface area contributed by atoms with E-state index in [9.17, 15) is 4.79 Å². The summed E-state index contributed by atoms with van der Waals surface area (Å²) in [6.45, 7) is 4.49. The number of benzene rings is 2. The third-order valence-electron chi connectivity index (χ3n) is 5.45. The lowest BCUT2D eigenvalue weighted by Gasteiger charge is -2.21. The van der Waals surface area contributed by atoms with Gasteiger partial charge in [0.05, 0.1) is 0 Å².